The van der Waals surface area contributed by atoms with Crippen LogP contribution in [0.15, 0.2) is 24.3 Å². The number of urea groups is 1. The fourth-order valence-corrected chi connectivity index (χ4v) is 2.06. The molecule has 1 saturated heterocycles. The first-order chi connectivity index (χ1) is 8.69. The van der Waals surface area contributed by atoms with E-state index in [-0.39, 0.29) is 6.03 Å². The van der Waals surface area contributed by atoms with Crippen molar-refractivity contribution in [3.63, 3.8) is 0 Å². The number of nitrogens with zero attached hydrogens (tertiary/aromatic N) is 1. The standard InChI is InChI=1S/C14H18N2O2/c1-11-6-8-16(9-7-11)14(18)15-13-4-2-12(10-17)3-5-13/h2-5,10-11H,6-9H2,1H3,(H,15,18). The van der Waals surface area contributed by atoms with Crippen molar-refractivity contribution >= 4 is 18.0 Å². The third-order valence-corrected chi connectivity index (χ3v) is 3.37. The van der Waals surface area contributed by atoms with Crippen molar-refractivity contribution in [3.05, 3.63) is 29.8 Å². The van der Waals surface area contributed by atoms with Gasteiger partial charge >= 0.3 is 6.03 Å². The first-order valence-corrected chi connectivity index (χ1v) is 6.30. The monoisotopic (exact) mass is 246 g/mol. The Balaban J connectivity index is 1.92. The average molecular weight is 246 g/mol. The predicted molar refractivity (Wildman–Crippen MR) is 70.8 cm³/mol. The van der Waals surface area contributed by atoms with Crippen molar-refractivity contribution in [2.45, 2.75) is 19.8 Å². The van der Waals surface area contributed by atoms with Crippen LogP contribution in [0.2, 0.25) is 0 Å². The number of hydrogen-bond donors (Lipinski definition) is 1. The lowest BCUT2D eigenvalue weighted by molar-refractivity contribution is 0.112. The topological polar surface area (TPSA) is 49.4 Å². The van der Waals surface area contributed by atoms with E-state index in [1.807, 2.05) is 4.90 Å². The van der Waals surface area contributed by atoms with E-state index in [1.54, 1.807) is 24.3 Å². The molecule has 1 N–H and O–H groups in total. The van der Waals surface area contributed by atoms with Crippen LogP contribution < -0.4 is 5.32 Å². The van der Waals surface area contributed by atoms with Crippen LogP contribution in [-0.4, -0.2) is 30.3 Å². The number of aldehydes is 1. The summed E-state index contributed by atoms with van der Waals surface area (Å²) in [6, 6.07) is 6.82. The number of nitrogens with one attached hydrogen (secondary N) is 1. The second-order valence-electron chi connectivity index (χ2n) is 4.84. The van der Waals surface area contributed by atoms with Crippen molar-refractivity contribution in [1.82, 2.24) is 4.90 Å². The summed E-state index contributed by atoms with van der Waals surface area (Å²) in [7, 11) is 0. The van der Waals surface area contributed by atoms with Gasteiger partial charge in [-0.25, -0.2) is 4.79 Å². The van der Waals surface area contributed by atoms with E-state index in [0.29, 0.717) is 11.5 Å². The van der Waals surface area contributed by atoms with Gasteiger partial charge in [0.15, 0.2) is 0 Å². The molecule has 1 heterocycles. The first-order valence-electron chi connectivity index (χ1n) is 6.30. The molecule has 0 aliphatic carbocycles. The van der Waals surface area contributed by atoms with Gasteiger partial charge in [-0.1, -0.05) is 6.92 Å². The first kappa shape index (κ1) is 12.6. The molecule has 2 amide bonds. The summed E-state index contributed by atoms with van der Waals surface area (Å²) in [6.07, 6.45) is 2.92. The Hall–Kier alpha value is -1.84. The van der Waals surface area contributed by atoms with E-state index in [9.17, 15) is 9.59 Å². The normalized spacial score (nSPS) is 16.4. The Kier molecular flexibility index (Phi) is 3.97. The predicted octanol–water partition coefficient (Wildman–Crippen LogP) is 2.76. The zero-order valence-electron chi connectivity index (χ0n) is 10.6. The molecule has 4 heteroatoms. The van der Waals surface area contributed by atoms with Crippen LogP contribution in [0.3, 0.4) is 0 Å². The molecule has 0 atom stereocenters. The molecule has 0 bridgehead atoms. The summed E-state index contributed by atoms with van der Waals surface area (Å²) < 4.78 is 0. The average Bonchev–Trinajstić information content (AvgIpc) is 2.40. The molecule has 0 aromatic heterocycles. The number of amides is 2. The Morgan fingerprint density at radius 3 is 2.44 bits per heavy atom. The maximum Gasteiger partial charge on any atom is 0.321 e. The number of carbonyl (C=O) groups excluding carboxylic acids is 2. The third-order valence-electron chi connectivity index (χ3n) is 3.37. The van der Waals surface area contributed by atoms with Gasteiger partial charge in [0, 0.05) is 24.3 Å². The van der Waals surface area contributed by atoms with Gasteiger partial charge in [0.05, 0.1) is 0 Å². The highest BCUT2D eigenvalue weighted by Gasteiger charge is 2.19. The SMILES string of the molecule is CC1CCN(C(=O)Nc2ccc(C=O)cc2)CC1. The van der Waals surface area contributed by atoms with Crippen LogP contribution in [-0.2, 0) is 0 Å². The molecule has 4 nitrogen and oxygen atoms in total. The number of benzene rings is 1. The number of anilines is 1. The largest absolute Gasteiger partial charge is 0.325 e. The van der Waals surface area contributed by atoms with Crippen molar-refractivity contribution in [1.29, 1.82) is 0 Å². The van der Waals surface area contributed by atoms with Gasteiger partial charge in [0.2, 0.25) is 0 Å². The Labute approximate surface area is 107 Å². The minimum Gasteiger partial charge on any atom is -0.325 e. The third kappa shape index (κ3) is 3.09. The molecule has 1 aliphatic rings. The Morgan fingerprint density at radius 1 is 1.28 bits per heavy atom. The van der Waals surface area contributed by atoms with E-state index in [4.69, 9.17) is 0 Å². The molecule has 1 aromatic rings. The second kappa shape index (κ2) is 5.67. The maximum atomic E-state index is 12.0. The van der Waals surface area contributed by atoms with E-state index in [2.05, 4.69) is 12.2 Å². The van der Waals surface area contributed by atoms with E-state index in [1.165, 1.54) is 0 Å². The molecule has 18 heavy (non-hydrogen) atoms. The van der Waals surface area contributed by atoms with Gasteiger partial charge in [-0.2, -0.15) is 0 Å². The smallest absolute Gasteiger partial charge is 0.321 e. The second-order valence-corrected chi connectivity index (χ2v) is 4.84. The molecule has 1 aliphatic heterocycles. The summed E-state index contributed by atoms with van der Waals surface area (Å²) in [6.45, 7) is 3.85. The number of carbonyl (C=O) groups is 2. The van der Waals surface area contributed by atoms with Crippen LogP contribution in [0.1, 0.15) is 30.1 Å². The molecule has 96 valence electrons. The minimum absolute atomic E-state index is 0.0549. The number of piperidine rings is 1. The molecule has 0 saturated carbocycles. The maximum absolute atomic E-state index is 12.0. The Bertz CT molecular complexity index is 420. The summed E-state index contributed by atoms with van der Waals surface area (Å²) in [5.74, 6) is 0.709. The van der Waals surface area contributed by atoms with Gasteiger partial charge in [-0.3, -0.25) is 4.79 Å². The molecule has 1 fully saturated rings. The fourth-order valence-electron chi connectivity index (χ4n) is 2.06. The molecular formula is C14H18N2O2. The lowest BCUT2D eigenvalue weighted by Crippen LogP contribution is -2.40. The van der Waals surface area contributed by atoms with Crippen LogP contribution in [0.25, 0.3) is 0 Å². The molecule has 1 aromatic carbocycles. The highest BCUT2D eigenvalue weighted by atomic mass is 16.2. The van der Waals surface area contributed by atoms with Crippen molar-refractivity contribution < 1.29 is 9.59 Å². The quantitative estimate of drug-likeness (QED) is 0.816. The van der Waals surface area contributed by atoms with Gasteiger partial charge in [0.25, 0.3) is 0 Å². The van der Waals surface area contributed by atoms with Crippen LogP contribution >= 0.6 is 0 Å². The number of likely N-dealkylation sites (tertiary alicyclic amines) is 1. The van der Waals surface area contributed by atoms with Crippen molar-refractivity contribution in [3.8, 4) is 0 Å². The zero-order valence-corrected chi connectivity index (χ0v) is 10.6. The molecular weight excluding hydrogens is 228 g/mol. The van der Waals surface area contributed by atoms with Crippen molar-refractivity contribution in [2.24, 2.45) is 5.92 Å². The van der Waals surface area contributed by atoms with Crippen molar-refractivity contribution in [2.75, 3.05) is 18.4 Å². The molecule has 0 unspecified atom stereocenters. The molecule has 0 radical (unpaired) electrons. The van der Waals surface area contributed by atoms with Gasteiger partial charge in [0.1, 0.15) is 6.29 Å². The zero-order chi connectivity index (χ0) is 13.0. The van der Waals surface area contributed by atoms with E-state index < -0.39 is 0 Å². The van der Waals surface area contributed by atoms with Crippen LogP contribution in [0, 0.1) is 5.92 Å². The summed E-state index contributed by atoms with van der Waals surface area (Å²) in [4.78, 5) is 24.3. The summed E-state index contributed by atoms with van der Waals surface area (Å²) >= 11 is 0. The van der Waals surface area contributed by atoms with Gasteiger partial charge in [-0.15, -0.1) is 0 Å². The lowest BCUT2D eigenvalue weighted by atomic mass is 10.00. The molecule has 0 spiro atoms. The van der Waals surface area contributed by atoms with Gasteiger partial charge < -0.3 is 10.2 Å². The number of hydrogen-bond acceptors (Lipinski definition) is 2. The fraction of sp³-hybridized carbons (Fsp3) is 0.429. The van der Waals surface area contributed by atoms with E-state index in [0.717, 1.165) is 37.9 Å². The molecule has 2 rings (SSSR count). The van der Waals surface area contributed by atoms with Crippen LogP contribution in [0.4, 0.5) is 10.5 Å². The summed E-state index contributed by atoms with van der Waals surface area (Å²) in [5.41, 5.74) is 1.34. The highest BCUT2D eigenvalue weighted by Crippen LogP contribution is 2.17. The van der Waals surface area contributed by atoms with Crippen LogP contribution in [0.5, 0.6) is 0 Å². The lowest BCUT2D eigenvalue weighted by Gasteiger charge is -2.30. The number of rotatable bonds is 2. The highest BCUT2D eigenvalue weighted by molar-refractivity contribution is 5.89. The summed E-state index contributed by atoms with van der Waals surface area (Å²) in [5, 5.41) is 2.85. The minimum atomic E-state index is -0.0549. The Morgan fingerprint density at radius 2 is 1.89 bits per heavy atom. The van der Waals surface area contributed by atoms with E-state index >= 15 is 0 Å². The van der Waals surface area contributed by atoms with Gasteiger partial charge in [-0.05, 0) is 43.0 Å².